The van der Waals surface area contributed by atoms with Gasteiger partial charge in [-0.2, -0.15) is 9.66 Å². The Morgan fingerprint density at radius 3 is 2.90 bits per heavy atom. The van der Waals surface area contributed by atoms with Gasteiger partial charge in [0.2, 0.25) is 11.9 Å². The SMILES string of the molecule is Cc1cnc(Nc2ccc3c(c2)CCC(=O)N3)nc1Nn1c(=O)oc2ccccc21. The second-order valence-electron chi connectivity index (χ2n) is 7.05. The Hall–Kier alpha value is -4.14. The van der Waals surface area contributed by atoms with Crippen molar-refractivity contribution in [3.8, 4) is 0 Å². The number of rotatable bonds is 4. The summed E-state index contributed by atoms with van der Waals surface area (Å²) >= 11 is 0. The highest BCUT2D eigenvalue weighted by molar-refractivity contribution is 5.94. The highest BCUT2D eigenvalue weighted by atomic mass is 16.4. The normalized spacial score (nSPS) is 13.0. The molecule has 0 fully saturated rings. The Kier molecular flexibility index (Phi) is 4.20. The molecule has 5 rings (SSSR count). The van der Waals surface area contributed by atoms with Gasteiger partial charge in [-0.1, -0.05) is 12.1 Å². The van der Waals surface area contributed by atoms with Crippen LogP contribution in [0.15, 0.2) is 57.9 Å². The van der Waals surface area contributed by atoms with Crippen molar-refractivity contribution in [2.75, 3.05) is 16.1 Å². The van der Waals surface area contributed by atoms with E-state index in [2.05, 4.69) is 26.0 Å². The molecule has 30 heavy (non-hydrogen) atoms. The van der Waals surface area contributed by atoms with Crippen LogP contribution in [0.2, 0.25) is 0 Å². The molecule has 1 aliphatic rings. The van der Waals surface area contributed by atoms with Gasteiger partial charge in [-0.05, 0) is 49.2 Å². The molecule has 0 aliphatic carbocycles. The molecule has 0 bridgehead atoms. The molecule has 9 heteroatoms. The first-order valence-electron chi connectivity index (χ1n) is 9.48. The molecular weight excluding hydrogens is 384 g/mol. The van der Waals surface area contributed by atoms with Crippen LogP contribution in [0.4, 0.5) is 23.1 Å². The largest absolute Gasteiger partial charge is 0.439 e. The molecule has 0 radical (unpaired) electrons. The van der Waals surface area contributed by atoms with Crippen molar-refractivity contribution in [2.24, 2.45) is 0 Å². The van der Waals surface area contributed by atoms with Gasteiger partial charge in [0.15, 0.2) is 11.4 Å². The maximum absolute atomic E-state index is 12.2. The van der Waals surface area contributed by atoms with E-state index in [1.54, 1.807) is 24.4 Å². The maximum Gasteiger partial charge on any atom is 0.439 e. The minimum absolute atomic E-state index is 0.0304. The zero-order chi connectivity index (χ0) is 20.7. The minimum Gasteiger partial charge on any atom is -0.406 e. The number of aryl methyl sites for hydroxylation is 2. The third-order valence-corrected chi connectivity index (χ3v) is 4.93. The lowest BCUT2D eigenvalue weighted by Crippen LogP contribution is -2.23. The molecule has 0 atom stereocenters. The average Bonchev–Trinajstić information content (AvgIpc) is 3.06. The molecular formula is C21H18N6O3. The van der Waals surface area contributed by atoms with Crippen molar-refractivity contribution in [3.63, 3.8) is 0 Å². The Bertz CT molecular complexity index is 1340. The van der Waals surface area contributed by atoms with Crippen molar-refractivity contribution in [1.29, 1.82) is 0 Å². The van der Waals surface area contributed by atoms with E-state index in [1.807, 2.05) is 31.2 Å². The van der Waals surface area contributed by atoms with Crippen LogP contribution in [0, 0.1) is 6.92 Å². The first kappa shape index (κ1) is 17.9. The van der Waals surface area contributed by atoms with Crippen molar-refractivity contribution in [3.05, 3.63) is 70.3 Å². The van der Waals surface area contributed by atoms with Crippen molar-refractivity contribution < 1.29 is 9.21 Å². The van der Waals surface area contributed by atoms with Crippen LogP contribution >= 0.6 is 0 Å². The van der Waals surface area contributed by atoms with Gasteiger partial charge in [-0.15, -0.1) is 0 Å². The molecule has 0 spiro atoms. The summed E-state index contributed by atoms with van der Waals surface area (Å²) in [4.78, 5) is 32.6. The fourth-order valence-corrected chi connectivity index (χ4v) is 3.38. The molecule has 1 aliphatic heterocycles. The Morgan fingerprint density at radius 2 is 2.00 bits per heavy atom. The van der Waals surface area contributed by atoms with E-state index in [1.165, 1.54) is 4.68 Å². The molecule has 0 saturated heterocycles. The molecule has 3 N–H and O–H groups in total. The van der Waals surface area contributed by atoms with Crippen molar-refractivity contribution >= 4 is 40.1 Å². The number of nitrogens with zero attached hydrogens (tertiary/aromatic N) is 3. The van der Waals surface area contributed by atoms with Crippen LogP contribution in [-0.4, -0.2) is 20.6 Å². The minimum atomic E-state index is -0.527. The zero-order valence-electron chi connectivity index (χ0n) is 16.1. The summed E-state index contributed by atoms with van der Waals surface area (Å²) in [5.74, 6) is 0.360. The number of anilines is 4. The number of aromatic nitrogens is 3. The summed E-state index contributed by atoms with van der Waals surface area (Å²) in [7, 11) is 0. The second-order valence-corrected chi connectivity index (χ2v) is 7.05. The van der Waals surface area contributed by atoms with E-state index in [-0.39, 0.29) is 5.91 Å². The first-order valence-corrected chi connectivity index (χ1v) is 9.48. The van der Waals surface area contributed by atoms with Gasteiger partial charge in [-0.3, -0.25) is 10.2 Å². The Balaban J connectivity index is 1.43. The summed E-state index contributed by atoms with van der Waals surface area (Å²) in [6.07, 6.45) is 2.83. The lowest BCUT2D eigenvalue weighted by Gasteiger charge is -2.18. The molecule has 9 nitrogen and oxygen atoms in total. The monoisotopic (exact) mass is 402 g/mol. The van der Waals surface area contributed by atoms with Crippen LogP contribution in [-0.2, 0) is 11.2 Å². The quantitative estimate of drug-likeness (QED) is 0.480. The number of nitrogens with one attached hydrogen (secondary N) is 3. The van der Waals surface area contributed by atoms with Gasteiger partial charge in [0.25, 0.3) is 0 Å². The molecule has 0 unspecified atom stereocenters. The number of oxazole rings is 1. The Labute approximate surface area is 170 Å². The number of amides is 1. The summed E-state index contributed by atoms with van der Waals surface area (Å²) in [5.41, 5.74) is 7.59. The number of hydrogen-bond donors (Lipinski definition) is 3. The van der Waals surface area contributed by atoms with Crippen molar-refractivity contribution in [2.45, 2.75) is 19.8 Å². The standard InChI is InChI=1S/C21H18N6O3/c1-12-11-22-20(23-14-7-8-15-13(10-14)6-9-18(28)24-15)25-19(12)26-27-16-4-2-3-5-17(16)30-21(27)29/h2-5,7-8,10-11H,6,9H2,1H3,(H,24,28)(H2,22,23,25,26). The highest BCUT2D eigenvalue weighted by Gasteiger charge is 2.15. The molecule has 1 amide bonds. The molecule has 0 saturated carbocycles. The lowest BCUT2D eigenvalue weighted by molar-refractivity contribution is -0.116. The summed E-state index contributed by atoms with van der Waals surface area (Å²) in [6.45, 7) is 1.85. The number of carbonyl (C=O) groups excluding carboxylic acids is 1. The van der Waals surface area contributed by atoms with E-state index in [0.717, 1.165) is 22.5 Å². The second kappa shape index (κ2) is 7.03. The van der Waals surface area contributed by atoms with E-state index >= 15 is 0 Å². The molecule has 2 aromatic carbocycles. The third kappa shape index (κ3) is 3.26. The predicted molar refractivity (Wildman–Crippen MR) is 113 cm³/mol. The summed E-state index contributed by atoms with van der Waals surface area (Å²) in [5, 5.41) is 6.04. The smallest absolute Gasteiger partial charge is 0.406 e. The summed E-state index contributed by atoms with van der Waals surface area (Å²) < 4.78 is 6.57. The van der Waals surface area contributed by atoms with Gasteiger partial charge >= 0.3 is 5.76 Å². The number of fused-ring (bicyclic) bond motifs is 2. The summed E-state index contributed by atoms with van der Waals surface area (Å²) in [6, 6.07) is 12.8. The van der Waals surface area contributed by atoms with Crippen LogP contribution in [0.3, 0.4) is 0 Å². The fraction of sp³-hybridized carbons (Fsp3) is 0.143. The van der Waals surface area contributed by atoms with Gasteiger partial charge in [0, 0.05) is 29.6 Å². The topological polar surface area (TPSA) is 114 Å². The predicted octanol–water partition coefficient (Wildman–Crippen LogP) is 3.20. The maximum atomic E-state index is 12.2. The number of carbonyl (C=O) groups is 1. The highest BCUT2D eigenvalue weighted by Crippen LogP contribution is 2.27. The van der Waals surface area contributed by atoms with E-state index in [4.69, 9.17) is 4.42 Å². The third-order valence-electron chi connectivity index (χ3n) is 4.93. The van der Waals surface area contributed by atoms with E-state index < -0.39 is 5.76 Å². The molecule has 150 valence electrons. The number of benzene rings is 2. The molecule has 4 aromatic rings. The van der Waals surface area contributed by atoms with E-state index in [0.29, 0.717) is 35.7 Å². The van der Waals surface area contributed by atoms with Crippen LogP contribution in [0.5, 0.6) is 0 Å². The van der Waals surface area contributed by atoms with Crippen LogP contribution in [0.25, 0.3) is 11.1 Å². The van der Waals surface area contributed by atoms with Crippen molar-refractivity contribution in [1.82, 2.24) is 14.6 Å². The lowest BCUT2D eigenvalue weighted by atomic mass is 10.0. The number of hydrogen-bond acceptors (Lipinski definition) is 7. The Morgan fingerprint density at radius 1 is 1.13 bits per heavy atom. The van der Waals surface area contributed by atoms with Gasteiger partial charge in [-0.25, -0.2) is 9.78 Å². The first-order chi connectivity index (χ1) is 14.6. The average molecular weight is 402 g/mol. The van der Waals surface area contributed by atoms with Crippen LogP contribution in [0.1, 0.15) is 17.5 Å². The van der Waals surface area contributed by atoms with Gasteiger partial charge in [0.05, 0.1) is 0 Å². The van der Waals surface area contributed by atoms with Gasteiger partial charge in [0.1, 0.15) is 5.52 Å². The van der Waals surface area contributed by atoms with Crippen LogP contribution < -0.4 is 21.8 Å². The number of para-hydroxylation sites is 2. The van der Waals surface area contributed by atoms with E-state index in [9.17, 15) is 9.59 Å². The molecule has 3 heterocycles. The zero-order valence-corrected chi connectivity index (χ0v) is 16.1. The van der Waals surface area contributed by atoms with Gasteiger partial charge < -0.3 is 15.1 Å². The molecule has 2 aromatic heterocycles. The fourth-order valence-electron chi connectivity index (χ4n) is 3.38.